The van der Waals surface area contributed by atoms with Gasteiger partial charge in [0.2, 0.25) is 5.88 Å². The van der Waals surface area contributed by atoms with Crippen molar-refractivity contribution in [1.29, 1.82) is 0 Å². The number of likely N-dealkylation sites (tertiary alicyclic amines) is 1. The molecule has 2 aromatic rings. The van der Waals surface area contributed by atoms with Crippen LogP contribution in [0.3, 0.4) is 0 Å². The Bertz CT molecular complexity index is 1090. The highest BCUT2D eigenvalue weighted by molar-refractivity contribution is 5.75. The van der Waals surface area contributed by atoms with Gasteiger partial charge in [0.15, 0.2) is 0 Å². The van der Waals surface area contributed by atoms with E-state index in [1.165, 1.54) is 11.1 Å². The number of nitrogens with one attached hydrogen (secondary N) is 1. The summed E-state index contributed by atoms with van der Waals surface area (Å²) in [6.45, 7) is 12.8. The molecule has 0 atom stereocenters. The quantitative estimate of drug-likeness (QED) is 0.245. The smallest absolute Gasteiger partial charge is 0.213 e. The van der Waals surface area contributed by atoms with Crippen LogP contribution in [0, 0.1) is 6.92 Å². The maximum Gasteiger partial charge on any atom is 0.213 e. The number of hydrogen-bond acceptors (Lipinski definition) is 6. The van der Waals surface area contributed by atoms with Gasteiger partial charge in [-0.2, -0.15) is 0 Å². The molecule has 1 aromatic heterocycles. The van der Waals surface area contributed by atoms with Gasteiger partial charge in [-0.05, 0) is 92.4 Å². The van der Waals surface area contributed by atoms with Crippen molar-refractivity contribution in [2.24, 2.45) is 4.99 Å². The fourth-order valence-electron chi connectivity index (χ4n) is 4.25. The van der Waals surface area contributed by atoms with Crippen LogP contribution in [0.15, 0.2) is 66.2 Å². The number of nitrogens with zero attached hydrogens (tertiary/aromatic N) is 4. The standard InChI is InChI=1S/C30H41N5O.H2/c1-7-25(22-34(4)5)26-11-10-23(2)27(20-26)21-29(31-3)32-15-8-9-24-12-16-33-30(19-24)36-28-13-17-35(6)18-14-28;/h7,10-12,16,19-22,28,32H,1,3,8-9,13-15,17-18H2,2,4-6H3;1H/b25-22+,29-21+;. The van der Waals surface area contributed by atoms with Crippen molar-refractivity contribution >= 4 is 18.4 Å². The van der Waals surface area contributed by atoms with Gasteiger partial charge in [0.1, 0.15) is 11.9 Å². The number of aryl methyl sites for hydroxylation is 2. The van der Waals surface area contributed by atoms with Gasteiger partial charge in [0.25, 0.3) is 0 Å². The summed E-state index contributed by atoms with van der Waals surface area (Å²) < 4.78 is 6.14. The minimum absolute atomic E-state index is 0. The Labute approximate surface area is 218 Å². The molecule has 1 aliphatic heterocycles. The van der Waals surface area contributed by atoms with E-state index < -0.39 is 0 Å². The van der Waals surface area contributed by atoms with Gasteiger partial charge in [-0.15, -0.1) is 0 Å². The first-order valence-corrected chi connectivity index (χ1v) is 12.7. The zero-order chi connectivity index (χ0) is 25.9. The van der Waals surface area contributed by atoms with Crippen LogP contribution in [0.5, 0.6) is 5.88 Å². The zero-order valence-electron chi connectivity index (χ0n) is 22.3. The highest BCUT2D eigenvalue weighted by Crippen LogP contribution is 2.22. The van der Waals surface area contributed by atoms with Crippen molar-refractivity contribution in [3.63, 3.8) is 0 Å². The number of hydrogen-bond donors (Lipinski definition) is 1. The van der Waals surface area contributed by atoms with E-state index in [2.05, 4.69) is 90.1 Å². The molecule has 0 unspecified atom stereocenters. The van der Waals surface area contributed by atoms with Crippen LogP contribution in [-0.4, -0.2) is 68.4 Å². The van der Waals surface area contributed by atoms with Crippen LogP contribution >= 0.6 is 0 Å². The Morgan fingerprint density at radius 2 is 2.06 bits per heavy atom. The fourth-order valence-corrected chi connectivity index (χ4v) is 4.25. The van der Waals surface area contributed by atoms with Gasteiger partial charge < -0.3 is 19.9 Å². The van der Waals surface area contributed by atoms with Gasteiger partial charge in [-0.1, -0.05) is 24.8 Å². The average molecular weight is 490 g/mol. The van der Waals surface area contributed by atoms with Crippen molar-refractivity contribution in [1.82, 2.24) is 20.1 Å². The Kier molecular flexibility index (Phi) is 10.3. The number of piperidine rings is 1. The molecule has 0 saturated carbocycles. The van der Waals surface area contributed by atoms with Crippen molar-refractivity contribution in [3.8, 4) is 5.88 Å². The molecular formula is C30H43N5O. The Balaban J connectivity index is 0.00000481. The summed E-state index contributed by atoms with van der Waals surface area (Å²) in [5.41, 5.74) is 5.73. The number of ether oxygens (including phenoxy) is 1. The third-order valence-corrected chi connectivity index (χ3v) is 6.39. The molecule has 1 aliphatic rings. The van der Waals surface area contributed by atoms with Crippen molar-refractivity contribution in [3.05, 3.63) is 83.5 Å². The number of benzene rings is 1. The van der Waals surface area contributed by atoms with E-state index in [9.17, 15) is 0 Å². The largest absolute Gasteiger partial charge is 0.474 e. The predicted molar refractivity (Wildman–Crippen MR) is 154 cm³/mol. The lowest BCUT2D eigenvalue weighted by Crippen LogP contribution is -2.35. The van der Waals surface area contributed by atoms with Gasteiger partial charge in [-0.3, -0.25) is 0 Å². The van der Waals surface area contributed by atoms with E-state index in [0.717, 1.165) is 73.7 Å². The number of aromatic nitrogens is 1. The molecule has 6 nitrogen and oxygen atoms in total. The van der Waals surface area contributed by atoms with Crippen LogP contribution in [0.1, 0.15) is 42.9 Å². The van der Waals surface area contributed by atoms with Crippen LogP contribution in [0.2, 0.25) is 0 Å². The monoisotopic (exact) mass is 489 g/mol. The molecular weight excluding hydrogens is 446 g/mol. The summed E-state index contributed by atoms with van der Waals surface area (Å²) in [4.78, 5) is 13.0. The van der Waals surface area contributed by atoms with E-state index >= 15 is 0 Å². The van der Waals surface area contributed by atoms with E-state index in [4.69, 9.17) is 4.74 Å². The highest BCUT2D eigenvalue weighted by Gasteiger charge is 2.18. The van der Waals surface area contributed by atoms with Gasteiger partial charge in [-0.25, -0.2) is 9.98 Å². The van der Waals surface area contributed by atoms with Crippen LogP contribution in [-0.2, 0) is 6.42 Å². The maximum atomic E-state index is 6.14. The van der Waals surface area contributed by atoms with E-state index in [1.54, 1.807) is 0 Å². The third kappa shape index (κ3) is 8.38. The lowest BCUT2D eigenvalue weighted by Gasteiger charge is -2.28. The molecule has 2 heterocycles. The van der Waals surface area contributed by atoms with Crippen LogP contribution < -0.4 is 10.1 Å². The zero-order valence-corrected chi connectivity index (χ0v) is 22.3. The number of aliphatic imine (C=N–C) groups is 1. The van der Waals surface area contributed by atoms with Gasteiger partial charge in [0.05, 0.1) is 0 Å². The number of rotatable bonds is 12. The van der Waals surface area contributed by atoms with Crippen LogP contribution in [0.25, 0.3) is 11.6 Å². The first-order chi connectivity index (χ1) is 17.4. The highest BCUT2D eigenvalue weighted by atomic mass is 16.5. The lowest BCUT2D eigenvalue weighted by atomic mass is 10.00. The van der Waals surface area contributed by atoms with Crippen molar-refractivity contribution in [2.75, 3.05) is 40.8 Å². The summed E-state index contributed by atoms with van der Waals surface area (Å²) in [6, 6.07) is 10.6. The van der Waals surface area contributed by atoms with E-state index in [0.29, 0.717) is 0 Å². The average Bonchev–Trinajstić information content (AvgIpc) is 2.87. The van der Waals surface area contributed by atoms with Gasteiger partial charge in [0, 0.05) is 53.6 Å². The first kappa shape index (κ1) is 27.2. The summed E-state index contributed by atoms with van der Waals surface area (Å²) in [5.74, 6) is 1.51. The minimum Gasteiger partial charge on any atom is -0.474 e. The molecule has 36 heavy (non-hydrogen) atoms. The normalized spacial score (nSPS) is 15.4. The summed E-state index contributed by atoms with van der Waals surface area (Å²) >= 11 is 0. The Morgan fingerprint density at radius 1 is 1.28 bits per heavy atom. The second-order valence-corrected chi connectivity index (χ2v) is 9.66. The molecule has 194 valence electrons. The van der Waals surface area contributed by atoms with Gasteiger partial charge >= 0.3 is 0 Å². The van der Waals surface area contributed by atoms with E-state index in [1.807, 2.05) is 31.3 Å². The fraction of sp³-hybridized carbons (Fsp3) is 0.400. The SMILES string of the molecule is C=C/C(=C\N(C)C)c1ccc(C)c(/C=C(\N=C)NCCCc2ccnc(OC3CCN(C)CC3)c2)c1.[HH]. The summed E-state index contributed by atoms with van der Waals surface area (Å²) in [5, 5.41) is 3.43. The van der Waals surface area contributed by atoms with Crippen molar-refractivity contribution < 1.29 is 6.16 Å². The molecule has 1 N–H and O–H groups in total. The van der Waals surface area contributed by atoms with Crippen molar-refractivity contribution in [2.45, 2.75) is 38.7 Å². The summed E-state index contributed by atoms with van der Waals surface area (Å²) in [7, 11) is 6.18. The molecule has 0 radical (unpaired) electrons. The molecule has 0 aliphatic carbocycles. The lowest BCUT2D eigenvalue weighted by molar-refractivity contribution is 0.110. The van der Waals surface area contributed by atoms with E-state index in [-0.39, 0.29) is 7.53 Å². The molecule has 0 spiro atoms. The molecule has 3 rings (SSSR count). The maximum absolute atomic E-state index is 6.14. The minimum atomic E-state index is 0. The Morgan fingerprint density at radius 3 is 2.75 bits per heavy atom. The number of pyridine rings is 1. The second-order valence-electron chi connectivity index (χ2n) is 9.66. The second kappa shape index (κ2) is 13.6. The number of allylic oxidation sites excluding steroid dienone is 2. The first-order valence-electron chi connectivity index (χ1n) is 12.7. The molecule has 1 saturated heterocycles. The molecule has 1 fully saturated rings. The predicted octanol–water partition coefficient (Wildman–Crippen LogP) is 5.42. The summed E-state index contributed by atoms with van der Waals surface area (Å²) in [6.07, 6.45) is 12.1. The molecule has 0 amide bonds. The topological polar surface area (TPSA) is 53.0 Å². The Hall–Kier alpha value is -3.38. The third-order valence-electron chi connectivity index (χ3n) is 6.39. The molecule has 1 aromatic carbocycles. The molecule has 6 heteroatoms. The van der Waals surface area contributed by atoms with Crippen LogP contribution in [0.4, 0.5) is 0 Å². The molecule has 0 bridgehead atoms.